The first-order chi connectivity index (χ1) is 10.2. The van der Waals surface area contributed by atoms with E-state index >= 15 is 0 Å². The molecule has 2 aliphatic rings. The standard InChI is InChI=1S/C14H12FN5O/c15-9-6-4-8(5-7-9)13-12-10(2-1-3-11(12)21)16-14-17-18-19-20(13)14/h4-7,13H,1-3H2,(H,16,17,19)/t13-/m0/s1. The van der Waals surface area contributed by atoms with Crippen molar-refractivity contribution in [3.8, 4) is 0 Å². The normalized spacial score (nSPS) is 20.8. The molecule has 1 aliphatic heterocycles. The van der Waals surface area contributed by atoms with Crippen LogP contribution in [-0.2, 0) is 4.79 Å². The molecular formula is C14H12FN5O. The lowest BCUT2D eigenvalue weighted by atomic mass is 9.85. The van der Waals surface area contributed by atoms with E-state index in [2.05, 4.69) is 20.8 Å². The number of hydrogen-bond acceptors (Lipinski definition) is 5. The minimum Gasteiger partial charge on any atom is -0.326 e. The summed E-state index contributed by atoms with van der Waals surface area (Å²) in [6.45, 7) is 0. The maximum absolute atomic E-state index is 13.2. The van der Waals surface area contributed by atoms with Crippen LogP contribution in [-0.4, -0.2) is 26.0 Å². The number of allylic oxidation sites excluding steroid dienone is 2. The van der Waals surface area contributed by atoms with Gasteiger partial charge in [-0.25, -0.2) is 4.39 Å². The van der Waals surface area contributed by atoms with E-state index in [1.807, 2.05) is 0 Å². The third-order valence-electron chi connectivity index (χ3n) is 3.92. The molecule has 0 spiro atoms. The zero-order valence-corrected chi connectivity index (χ0v) is 11.1. The molecule has 2 heterocycles. The molecule has 1 aromatic carbocycles. The number of nitrogens with zero attached hydrogens (tertiary/aromatic N) is 4. The summed E-state index contributed by atoms with van der Waals surface area (Å²) < 4.78 is 14.7. The molecule has 0 fully saturated rings. The highest BCUT2D eigenvalue weighted by Gasteiger charge is 2.36. The number of benzene rings is 1. The van der Waals surface area contributed by atoms with Gasteiger partial charge in [-0.05, 0) is 41.0 Å². The fraction of sp³-hybridized carbons (Fsp3) is 0.286. The van der Waals surface area contributed by atoms with Gasteiger partial charge < -0.3 is 5.32 Å². The molecule has 1 aliphatic carbocycles. The summed E-state index contributed by atoms with van der Waals surface area (Å²) in [6.07, 6.45) is 2.14. The van der Waals surface area contributed by atoms with Crippen molar-refractivity contribution < 1.29 is 9.18 Å². The number of carbonyl (C=O) groups excluding carboxylic acids is 1. The first-order valence-corrected chi connectivity index (χ1v) is 6.80. The molecule has 1 atom stereocenters. The predicted octanol–water partition coefficient (Wildman–Crippen LogP) is 1.83. The highest BCUT2D eigenvalue weighted by molar-refractivity contribution is 5.99. The van der Waals surface area contributed by atoms with Crippen LogP contribution in [0.5, 0.6) is 0 Å². The van der Waals surface area contributed by atoms with E-state index in [1.54, 1.807) is 16.8 Å². The lowest BCUT2D eigenvalue weighted by Gasteiger charge is -2.31. The van der Waals surface area contributed by atoms with Gasteiger partial charge in [-0.2, -0.15) is 4.68 Å². The van der Waals surface area contributed by atoms with E-state index in [-0.39, 0.29) is 17.6 Å². The van der Waals surface area contributed by atoms with Gasteiger partial charge in [0.1, 0.15) is 11.9 Å². The number of Topliss-reactive ketones (excluding diaryl/α,β-unsaturated/α-hetero) is 1. The van der Waals surface area contributed by atoms with Crippen LogP contribution < -0.4 is 5.32 Å². The molecule has 0 unspecified atom stereocenters. The van der Waals surface area contributed by atoms with Crippen LogP contribution in [0.15, 0.2) is 35.5 Å². The van der Waals surface area contributed by atoms with Crippen molar-refractivity contribution in [1.29, 1.82) is 0 Å². The van der Waals surface area contributed by atoms with Crippen molar-refractivity contribution >= 4 is 11.7 Å². The SMILES string of the molecule is O=C1CCCC2=C1[C@H](c1ccc(F)cc1)n1nnnc1N2. The second-order valence-electron chi connectivity index (χ2n) is 5.20. The third kappa shape index (κ3) is 1.84. The maximum atomic E-state index is 13.2. The number of hydrogen-bond donors (Lipinski definition) is 1. The summed E-state index contributed by atoms with van der Waals surface area (Å²) in [5.41, 5.74) is 2.37. The Balaban J connectivity index is 1.91. The number of tetrazole rings is 1. The first-order valence-electron chi connectivity index (χ1n) is 6.80. The summed E-state index contributed by atoms with van der Waals surface area (Å²) in [5.74, 6) is 0.297. The Morgan fingerprint density at radius 3 is 2.86 bits per heavy atom. The fourth-order valence-electron chi connectivity index (χ4n) is 2.97. The minimum absolute atomic E-state index is 0.0965. The molecule has 0 amide bonds. The summed E-state index contributed by atoms with van der Waals surface area (Å²) in [5, 5.41) is 14.7. The Labute approximate surface area is 119 Å². The predicted molar refractivity (Wildman–Crippen MR) is 71.9 cm³/mol. The van der Waals surface area contributed by atoms with Crippen molar-refractivity contribution in [3.05, 3.63) is 46.9 Å². The largest absolute Gasteiger partial charge is 0.326 e. The summed E-state index contributed by atoms with van der Waals surface area (Å²) in [6, 6.07) is 5.72. The molecule has 6 nitrogen and oxygen atoms in total. The molecule has 7 heteroatoms. The van der Waals surface area contributed by atoms with E-state index in [0.29, 0.717) is 17.9 Å². The second-order valence-corrected chi connectivity index (χ2v) is 5.20. The van der Waals surface area contributed by atoms with Crippen molar-refractivity contribution in [2.45, 2.75) is 25.3 Å². The van der Waals surface area contributed by atoms with Crippen LogP contribution in [0.3, 0.4) is 0 Å². The van der Waals surface area contributed by atoms with E-state index in [0.717, 1.165) is 24.1 Å². The number of nitrogens with one attached hydrogen (secondary N) is 1. The highest BCUT2D eigenvalue weighted by atomic mass is 19.1. The van der Waals surface area contributed by atoms with Gasteiger partial charge in [0.15, 0.2) is 5.78 Å². The number of rotatable bonds is 1. The molecule has 2 aromatic rings. The molecule has 0 saturated heterocycles. The molecule has 0 saturated carbocycles. The Bertz CT molecular complexity index is 749. The van der Waals surface area contributed by atoms with Crippen molar-refractivity contribution in [1.82, 2.24) is 20.2 Å². The second kappa shape index (κ2) is 4.47. The van der Waals surface area contributed by atoms with E-state index in [1.165, 1.54) is 12.1 Å². The van der Waals surface area contributed by atoms with Gasteiger partial charge in [0.2, 0.25) is 5.95 Å². The maximum Gasteiger partial charge on any atom is 0.248 e. The molecule has 1 aromatic heterocycles. The van der Waals surface area contributed by atoms with Crippen LogP contribution in [0.4, 0.5) is 10.3 Å². The van der Waals surface area contributed by atoms with Gasteiger partial charge in [0.05, 0.1) is 0 Å². The number of halogens is 1. The zero-order valence-electron chi connectivity index (χ0n) is 11.1. The third-order valence-corrected chi connectivity index (χ3v) is 3.92. The Kier molecular flexibility index (Phi) is 2.60. The van der Waals surface area contributed by atoms with Crippen molar-refractivity contribution in [2.24, 2.45) is 0 Å². The topological polar surface area (TPSA) is 72.7 Å². The summed E-state index contributed by atoms with van der Waals surface area (Å²) in [4.78, 5) is 12.4. The Morgan fingerprint density at radius 2 is 2.05 bits per heavy atom. The molecule has 1 N–H and O–H groups in total. The number of ketones is 1. The molecule has 0 bridgehead atoms. The van der Waals surface area contributed by atoms with Gasteiger partial charge in [0, 0.05) is 17.7 Å². The van der Waals surface area contributed by atoms with Crippen LogP contribution in [0.1, 0.15) is 30.9 Å². The molecule has 0 radical (unpaired) electrons. The molecule has 21 heavy (non-hydrogen) atoms. The Morgan fingerprint density at radius 1 is 1.24 bits per heavy atom. The van der Waals surface area contributed by atoms with E-state index in [9.17, 15) is 9.18 Å². The van der Waals surface area contributed by atoms with Crippen LogP contribution in [0.25, 0.3) is 0 Å². The van der Waals surface area contributed by atoms with E-state index < -0.39 is 0 Å². The summed E-state index contributed by atoms with van der Waals surface area (Å²) in [7, 11) is 0. The van der Waals surface area contributed by atoms with Crippen LogP contribution >= 0.6 is 0 Å². The number of carbonyl (C=O) groups is 1. The first kappa shape index (κ1) is 12.2. The minimum atomic E-state index is -0.389. The lowest BCUT2D eigenvalue weighted by molar-refractivity contribution is -0.116. The van der Waals surface area contributed by atoms with Crippen LogP contribution in [0, 0.1) is 5.82 Å². The number of fused-ring (bicyclic) bond motifs is 1. The highest BCUT2D eigenvalue weighted by Crippen LogP contribution is 2.39. The van der Waals surface area contributed by atoms with Crippen molar-refractivity contribution in [2.75, 3.05) is 5.32 Å². The van der Waals surface area contributed by atoms with Crippen molar-refractivity contribution in [3.63, 3.8) is 0 Å². The average molecular weight is 285 g/mol. The average Bonchev–Trinajstić information content (AvgIpc) is 2.94. The van der Waals surface area contributed by atoms with Gasteiger partial charge in [-0.15, -0.1) is 0 Å². The Hall–Kier alpha value is -2.57. The monoisotopic (exact) mass is 285 g/mol. The van der Waals surface area contributed by atoms with Crippen LogP contribution in [0.2, 0.25) is 0 Å². The smallest absolute Gasteiger partial charge is 0.248 e. The zero-order chi connectivity index (χ0) is 14.4. The van der Waals surface area contributed by atoms with Gasteiger partial charge in [-0.3, -0.25) is 4.79 Å². The fourth-order valence-corrected chi connectivity index (χ4v) is 2.97. The van der Waals surface area contributed by atoms with Gasteiger partial charge in [0.25, 0.3) is 0 Å². The molecular weight excluding hydrogens is 273 g/mol. The number of anilines is 1. The lowest BCUT2D eigenvalue weighted by Crippen LogP contribution is -2.31. The quantitative estimate of drug-likeness (QED) is 0.865. The molecule has 106 valence electrons. The summed E-state index contributed by atoms with van der Waals surface area (Å²) >= 11 is 0. The van der Waals surface area contributed by atoms with Gasteiger partial charge >= 0.3 is 0 Å². The molecule has 4 rings (SSSR count). The van der Waals surface area contributed by atoms with E-state index in [4.69, 9.17) is 0 Å². The van der Waals surface area contributed by atoms with Gasteiger partial charge in [-0.1, -0.05) is 17.2 Å². The number of aromatic nitrogens is 4.